The summed E-state index contributed by atoms with van der Waals surface area (Å²) in [4.78, 5) is 0. The van der Waals surface area contributed by atoms with Gasteiger partial charge in [-0.25, -0.2) is 0 Å². The predicted molar refractivity (Wildman–Crippen MR) is 98.0 cm³/mol. The Labute approximate surface area is 139 Å². The Morgan fingerprint density at radius 3 is 2.18 bits per heavy atom. The summed E-state index contributed by atoms with van der Waals surface area (Å²) in [6.45, 7) is 5.94. The number of thiophene rings is 2. The first-order valence-corrected chi connectivity index (χ1v) is 9.83. The Hall–Kier alpha value is -1.26. The van der Waals surface area contributed by atoms with Gasteiger partial charge in [0.2, 0.25) is 0 Å². The summed E-state index contributed by atoms with van der Waals surface area (Å²) >= 11 is 3.46. The lowest BCUT2D eigenvalue weighted by Crippen LogP contribution is -2.00. The van der Waals surface area contributed by atoms with E-state index in [4.69, 9.17) is 9.47 Å². The van der Waals surface area contributed by atoms with Crippen LogP contribution in [0.3, 0.4) is 0 Å². The van der Waals surface area contributed by atoms with Crippen molar-refractivity contribution in [1.82, 2.24) is 0 Å². The van der Waals surface area contributed by atoms with Crippen LogP contribution in [0.4, 0.5) is 0 Å². The second kappa shape index (κ2) is 7.34. The van der Waals surface area contributed by atoms with E-state index in [2.05, 4.69) is 36.1 Å². The predicted octanol–water partition coefficient (Wildman–Crippen LogP) is 6.47. The number of hydrogen-bond donors (Lipinski definition) is 0. The van der Waals surface area contributed by atoms with E-state index < -0.39 is 0 Å². The summed E-state index contributed by atoms with van der Waals surface area (Å²) in [5, 5.41) is 10.1. The zero-order valence-electron chi connectivity index (χ0n) is 13.2. The second-order valence-corrected chi connectivity index (χ2v) is 7.08. The number of rotatable bonds is 8. The van der Waals surface area contributed by atoms with Gasteiger partial charge in [-0.05, 0) is 24.3 Å². The van der Waals surface area contributed by atoms with Crippen LogP contribution in [-0.2, 0) is 0 Å². The molecule has 0 amide bonds. The van der Waals surface area contributed by atoms with Crippen molar-refractivity contribution >= 4 is 43.5 Å². The highest BCUT2D eigenvalue weighted by molar-refractivity contribution is 7.18. The smallest absolute Gasteiger partial charge is 0.146 e. The summed E-state index contributed by atoms with van der Waals surface area (Å²) in [6.07, 6.45) is 4.48. The van der Waals surface area contributed by atoms with Gasteiger partial charge < -0.3 is 9.47 Å². The third-order valence-electron chi connectivity index (χ3n) is 3.76. The molecule has 1 aromatic carbocycles. The van der Waals surface area contributed by atoms with Crippen molar-refractivity contribution in [1.29, 1.82) is 0 Å². The molecule has 2 heterocycles. The molecule has 0 saturated heterocycles. The molecular weight excluding hydrogens is 312 g/mol. The molecule has 0 fully saturated rings. The Morgan fingerprint density at radius 1 is 0.864 bits per heavy atom. The van der Waals surface area contributed by atoms with Crippen molar-refractivity contribution < 1.29 is 9.47 Å². The lowest BCUT2D eigenvalue weighted by atomic mass is 10.1. The molecule has 118 valence electrons. The van der Waals surface area contributed by atoms with Crippen LogP contribution < -0.4 is 9.47 Å². The molecule has 0 aliphatic heterocycles. The number of hydrogen-bond acceptors (Lipinski definition) is 4. The highest BCUT2D eigenvalue weighted by Crippen LogP contribution is 2.46. The minimum atomic E-state index is 0.780. The monoisotopic (exact) mass is 334 g/mol. The molecule has 0 radical (unpaired) electrons. The molecule has 0 spiro atoms. The third-order valence-corrected chi connectivity index (χ3v) is 5.41. The minimum absolute atomic E-state index is 0.780. The summed E-state index contributed by atoms with van der Waals surface area (Å²) in [7, 11) is 0. The zero-order valence-corrected chi connectivity index (χ0v) is 14.8. The Balaban J connectivity index is 2.05. The average molecular weight is 335 g/mol. The van der Waals surface area contributed by atoms with Crippen LogP contribution >= 0.6 is 22.7 Å². The van der Waals surface area contributed by atoms with Crippen LogP contribution in [0.5, 0.6) is 11.5 Å². The Kier molecular flexibility index (Phi) is 5.21. The van der Waals surface area contributed by atoms with Crippen molar-refractivity contribution in [3.05, 3.63) is 22.2 Å². The maximum absolute atomic E-state index is 6.13. The van der Waals surface area contributed by atoms with Crippen LogP contribution in [0.25, 0.3) is 20.9 Å². The highest BCUT2D eigenvalue weighted by Gasteiger charge is 2.17. The normalized spacial score (nSPS) is 11.4. The van der Waals surface area contributed by atoms with E-state index in [1.54, 1.807) is 22.7 Å². The van der Waals surface area contributed by atoms with Crippen LogP contribution in [0.15, 0.2) is 22.2 Å². The maximum Gasteiger partial charge on any atom is 0.146 e. The largest absolute Gasteiger partial charge is 0.492 e. The van der Waals surface area contributed by atoms with Crippen LogP contribution in [0.2, 0.25) is 0 Å². The highest BCUT2D eigenvalue weighted by atomic mass is 32.1. The van der Waals surface area contributed by atoms with E-state index in [9.17, 15) is 0 Å². The molecule has 3 aromatic rings. The lowest BCUT2D eigenvalue weighted by molar-refractivity contribution is 0.312. The van der Waals surface area contributed by atoms with Crippen LogP contribution in [0.1, 0.15) is 39.5 Å². The van der Waals surface area contributed by atoms with Gasteiger partial charge in [-0.15, -0.1) is 11.3 Å². The SMILES string of the molecule is CCCCOc1c2cscc2c(OCCCC)c2sccc12. The van der Waals surface area contributed by atoms with Crippen molar-refractivity contribution in [2.24, 2.45) is 0 Å². The molecule has 2 aromatic heterocycles. The fourth-order valence-corrected chi connectivity index (χ4v) is 4.23. The molecule has 22 heavy (non-hydrogen) atoms. The summed E-state index contributed by atoms with van der Waals surface area (Å²) < 4.78 is 13.5. The lowest BCUT2D eigenvalue weighted by Gasteiger charge is -2.13. The fraction of sp³-hybridized carbons (Fsp3) is 0.444. The van der Waals surface area contributed by atoms with Crippen molar-refractivity contribution in [3.63, 3.8) is 0 Å². The molecule has 2 nitrogen and oxygen atoms in total. The molecule has 0 aliphatic carbocycles. The third kappa shape index (κ3) is 2.95. The van der Waals surface area contributed by atoms with Gasteiger partial charge >= 0.3 is 0 Å². The molecule has 0 unspecified atom stereocenters. The van der Waals surface area contributed by atoms with E-state index >= 15 is 0 Å². The van der Waals surface area contributed by atoms with Gasteiger partial charge in [-0.2, -0.15) is 11.3 Å². The van der Waals surface area contributed by atoms with Crippen molar-refractivity contribution in [2.75, 3.05) is 13.2 Å². The fourth-order valence-electron chi connectivity index (χ4n) is 2.52. The molecular formula is C18H22O2S2. The topological polar surface area (TPSA) is 18.5 Å². The van der Waals surface area contributed by atoms with Gasteiger partial charge in [0.15, 0.2) is 0 Å². The maximum atomic E-state index is 6.13. The van der Waals surface area contributed by atoms with Gasteiger partial charge in [-0.3, -0.25) is 0 Å². The molecule has 0 bridgehead atoms. The molecule has 0 saturated carbocycles. The Bertz CT molecular complexity index is 631. The summed E-state index contributed by atoms with van der Waals surface area (Å²) in [6, 6.07) is 2.16. The zero-order chi connectivity index (χ0) is 15.4. The van der Waals surface area contributed by atoms with Gasteiger partial charge in [0.25, 0.3) is 0 Å². The first-order chi connectivity index (χ1) is 10.9. The van der Waals surface area contributed by atoms with E-state index in [0.29, 0.717) is 0 Å². The molecule has 3 rings (SSSR count). The molecule has 4 heteroatoms. The first kappa shape index (κ1) is 15.6. The minimum Gasteiger partial charge on any atom is -0.492 e. The quantitative estimate of drug-likeness (QED) is 0.439. The number of ether oxygens (including phenoxy) is 2. The number of benzene rings is 1. The van der Waals surface area contributed by atoms with Gasteiger partial charge in [-0.1, -0.05) is 26.7 Å². The van der Waals surface area contributed by atoms with Crippen molar-refractivity contribution in [2.45, 2.75) is 39.5 Å². The van der Waals surface area contributed by atoms with Gasteiger partial charge in [0.05, 0.1) is 17.9 Å². The van der Waals surface area contributed by atoms with Gasteiger partial charge in [0.1, 0.15) is 11.5 Å². The molecule has 0 aliphatic rings. The van der Waals surface area contributed by atoms with E-state index in [0.717, 1.165) is 50.4 Å². The number of unbranched alkanes of at least 4 members (excludes halogenated alkanes) is 2. The van der Waals surface area contributed by atoms with E-state index in [-0.39, 0.29) is 0 Å². The first-order valence-electron chi connectivity index (χ1n) is 8.01. The molecule has 0 N–H and O–H groups in total. The van der Waals surface area contributed by atoms with E-state index in [1.165, 1.54) is 20.9 Å². The number of fused-ring (bicyclic) bond motifs is 2. The van der Waals surface area contributed by atoms with Crippen LogP contribution in [0, 0.1) is 0 Å². The summed E-state index contributed by atoms with van der Waals surface area (Å²) in [5.41, 5.74) is 0. The summed E-state index contributed by atoms with van der Waals surface area (Å²) in [5.74, 6) is 2.07. The van der Waals surface area contributed by atoms with Crippen molar-refractivity contribution in [3.8, 4) is 11.5 Å². The Morgan fingerprint density at radius 2 is 1.50 bits per heavy atom. The van der Waals surface area contributed by atoms with Gasteiger partial charge in [0, 0.05) is 26.9 Å². The standard InChI is InChI=1S/C18H22O2S2/c1-3-5-8-19-16-13-7-10-22-18(13)17(20-9-6-4-2)15-12-21-11-14(15)16/h7,10-12H,3-6,8-9H2,1-2H3. The molecule has 0 atom stereocenters. The second-order valence-electron chi connectivity index (χ2n) is 5.42. The van der Waals surface area contributed by atoms with E-state index in [1.807, 2.05) is 0 Å². The average Bonchev–Trinajstić information content (AvgIpc) is 3.18. The van der Waals surface area contributed by atoms with Crippen LogP contribution in [-0.4, -0.2) is 13.2 Å².